The van der Waals surface area contributed by atoms with Gasteiger partial charge in [-0.15, -0.1) is 0 Å². The number of carbonyl (C=O) groups excluding carboxylic acids is 1. The molecule has 0 saturated heterocycles. The SMILES string of the molecule is CC/C=C\C/C=C\C/C=C\C/C=C\C/C=C\C/C=C\C/C=C\C/C=C\C/C=C\C/C=C\C/C=C\CCCCCC(=O)NC(COP(=O)([O-])OCC[N+](C)(C)C)C(O)/C=C/CC/C=C/CCCCCCCCCCCCCCCCCCCCCCCC. The molecule has 2 N–H and O–H groups in total. The second-order valence-electron chi connectivity index (χ2n) is 24.5. The number of nitrogens with zero attached hydrogens (tertiary/aromatic N) is 1. The van der Waals surface area contributed by atoms with Crippen molar-refractivity contribution in [2.75, 3.05) is 40.9 Å². The highest BCUT2D eigenvalue weighted by atomic mass is 31.2. The minimum absolute atomic E-state index is 0.0216. The molecular formula is C78H133N2O6P. The highest BCUT2D eigenvalue weighted by molar-refractivity contribution is 7.45. The molecule has 0 aliphatic carbocycles. The molecule has 0 aromatic heterocycles. The first-order valence-corrected chi connectivity index (χ1v) is 36.8. The summed E-state index contributed by atoms with van der Waals surface area (Å²) in [5, 5.41) is 13.9. The maximum Gasteiger partial charge on any atom is 0.268 e. The summed E-state index contributed by atoms with van der Waals surface area (Å²) in [6.45, 7) is 4.49. The van der Waals surface area contributed by atoms with Crippen molar-refractivity contribution in [3.05, 3.63) is 158 Å². The van der Waals surface area contributed by atoms with Gasteiger partial charge in [-0.2, -0.15) is 0 Å². The number of unbranched alkanes of at least 4 members (excludes halogenated alkanes) is 26. The molecule has 0 aromatic rings. The Balaban J connectivity index is 4.26. The number of hydrogen-bond donors (Lipinski definition) is 2. The van der Waals surface area contributed by atoms with Crippen LogP contribution in [0.2, 0.25) is 0 Å². The first-order valence-electron chi connectivity index (χ1n) is 35.3. The van der Waals surface area contributed by atoms with Crippen LogP contribution in [0.15, 0.2) is 158 Å². The fourth-order valence-corrected chi connectivity index (χ4v) is 10.3. The van der Waals surface area contributed by atoms with Crippen molar-refractivity contribution < 1.29 is 32.9 Å². The molecule has 0 bridgehead atoms. The van der Waals surface area contributed by atoms with Crippen molar-refractivity contribution in [3.8, 4) is 0 Å². The van der Waals surface area contributed by atoms with E-state index in [1.165, 1.54) is 141 Å². The predicted molar refractivity (Wildman–Crippen MR) is 380 cm³/mol. The quantitative estimate of drug-likeness (QED) is 0.0272. The van der Waals surface area contributed by atoms with E-state index in [1.54, 1.807) is 6.08 Å². The lowest BCUT2D eigenvalue weighted by Crippen LogP contribution is -2.45. The van der Waals surface area contributed by atoms with E-state index in [2.05, 4.69) is 165 Å². The van der Waals surface area contributed by atoms with Crippen LogP contribution in [0, 0.1) is 0 Å². The first kappa shape index (κ1) is 83.1. The van der Waals surface area contributed by atoms with Crippen LogP contribution in [0.5, 0.6) is 0 Å². The van der Waals surface area contributed by atoms with Crippen LogP contribution in [-0.2, 0) is 18.4 Å². The van der Waals surface area contributed by atoms with Crippen LogP contribution in [-0.4, -0.2) is 68.5 Å². The number of rotatable bonds is 63. The van der Waals surface area contributed by atoms with E-state index in [0.717, 1.165) is 109 Å². The number of nitrogens with one attached hydrogen (secondary N) is 1. The number of amides is 1. The summed E-state index contributed by atoms with van der Waals surface area (Å²) in [6.07, 6.45) is 104. The van der Waals surface area contributed by atoms with Crippen LogP contribution in [0.4, 0.5) is 0 Å². The smallest absolute Gasteiger partial charge is 0.268 e. The molecular weight excluding hydrogens is 1090 g/mol. The largest absolute Gasteiger partial charge is 0.756 e. The molecule has 0 saturated carbocycles. The molecule has 0 rings (SSSR count). The Morgan fingerprint density at radius 1 is 0.414 bits per heavy atom. The lowest BCUT2D eigenvalue weighted by Gasteiger charge is -2.29. The number of hydrogen-bond acceptors (Lipinski definition) is 6. The minimum atomic E-state index is -4.63. The summed E-state index contributed by atoms with van der Waals surface area (Å²) in [5.74, 6) is -0.243. The standard InChI is InChI=1S/C78H133N2O6P/c1-6-8-10-12-14-16-18-20-22-24-26-28-30-32-34-36-37-38-39-40-41-42-43-44-46-48-50-52-54-56-58-60-62-64-66-68-70-72-78(82)79-76(75-86-87(83,84)85-74-73-80(3,4)5)77(81)71-69-67-65-63-61-59-57-55-53-51-49-47-45-35-33-31-29-27-25-23-21-19-17-15-13-11-9-7-2/h8,10,14,16,20,22,26,28,32,34,37-38,40-41,43-44,48,50,54,56,60-63,69,71,76-77,81H,6-7,9,11-13,15,17-19,21,23-25,27,29-31,33,35-36,39,42,45-47,49,51-53,55,57-59,64-68,70,72-75H2,1-5H3,(H-,79,82,83,84)/b10-8-,16-14-,22-20-,28-26-,34-32-,38-37-,41-40-,44-43-,50-48-,56-54-,62-60-,63-61+,71-69+. The molecule has 0 heterocycles. The van der Waals surface area contributed by atoms with Gasteiger partial charge in [0.2, 0.25) is 5.91 Å². The van der Waals surface area contributed by atoms with E-state index >= 15 is 0 Å². The van der Waals surface area contributed by atoms with E-state index in [-0.39, 0.29) is 18.9 Å². The van der Waals surface area contributed by atoms with E-state index < -0.39 is 26.6 Å². The lowest BCUT2D eigenvalue weighted by molar-refractivity contribution is -0.870. The summed E-state index contributed by atoms with van der Waals surface area (Å²) < 4.78 is 23.4. The van der Waals surface area contributed by atoms with Gasteiger partial charge in [0.05, 0.1) is 39.9 Å². The normalized spacial score (nSPS) is 14.6. The van der Waals surface area contributed by atoms with Crippen molar-refractivity contribution in [1.29, 1.82) is 0 Å². The molecule has 9 heteroatoms. The van der Waals surface area contributed by atoms with Crippen LogP contribution < -0.4 is 10.2 Å². The number of phosphoric ester groups is 1. The van der Waals surface area contributed by atoms with E-state index in [9.17, 15) is 19.4 Å². The monoisotopic (exact) mass is 1220 g/mol. The molecule has 496 valence electrons. The second kappa shape index (κ2) is 66.5. The molecule has 0 fully saturated rings. The Morgan fingerprint density at radius 2 is 0.713 bits per heavy atom. The molecule has 0 aliphatic rings. The van der Waals surface area contributed by atoms with Crippen LogP contribution >= 0.6 is 7.82 Å². The molecule has 0 radical (unpaired) electrons. The Hall–Kier alpha value is -3.88. The summed E-state index contributed by atoms with van der Waals surface area (Å²) in [7, 11) is 1.20. The fraction of sp³-hybridized carbons (Fsp3) is 0.654. The zero-order valence-corrected chi connectivity index (χ0v) is 57.6. The topological polar surface area (TPSA) is 108 Å². The summed E-state index contributed by atoms with van der Waals surface area (Å²) >= 11 is 0. The van der Waals surface area contributed by atoms with Crippen molar-refractivity contribution in [1.82, 2.24) is 5.32 Å². The number of aliphatic hydroxyl groups excluding tert-OH is 1. The van der Waals surface area contributed by atoms with Gasteiger partial charge in [0.1, 0.15) is 13.2 Å². The van der Waals surface area contributed by atoms with Gasteiger partial charge in [-0.05, 0) is 116 Å². The maximum atomic E-state index is 13.0. The second-order valence-corrected chi connectivity index (χ2v) is 25.9. The molecule has 87 heavy (non-hydrogen) atoms. The van der Waals surface area contributed by atoms with Crippen molar-refractivity contribution in [3.63, 3.8) is 0 Å². The van der Waals surface area contributed by atoms with E-state index in [0.29, 0.717) is 17.4 Å². The van der Waals surface area contributed by atoms with Gasteiger partial charge in [0, 0.05) is 6.42 Å². The number of aliphatic hydroxyl groups is 1. The summed E-state index contributed by atoms with van der Waals surface area (Å²) in [5.41, 5.74) is 0. The highest BCUT2D eigenvalue weighted by Crippen LogP contribution is 2.38. The molecule has 0 spiro atoms. The van der Waals surface area contributed by atoms with Gasteiger partial charge in [-0.1, -0.05) is 313 Å². The fourth-order valence-electron chi connectivity index (χ4n) is 9.53. The number of allylic oxidation sites excluding steroid dienone is 25. The number of likely N-dealkylation sites (N-methyl/N-ethyl adjacent to an activating group) is 1. The third-order valence-electron chi connectivity index (χ3n) is 15.0. The number of carbonyl (C=O) groups is 1. The third kappa shape index (κ3) is 69.5. The molecule has 0 aromatic carbocycles. The average molecular weight is 1230 g/mol. The summed E-state index contributed by atoms with van der Waals surface area (Å²) in [6, 6.07) is -0.936. The molecule has 8 nitrogen and oxygen atoms in total. The Bertz CT molecular complexity index is 1980. The zero-order chi connectivity index (χ0) is 63.4. The maximum absolute atomic E-state index is 13.0. The van der Waals surface area contributed by atoms with Crippen LogP contribution in [0.1, 0.15) is 277 Å². The van der Waals surface area contributed by atoms with Gasteiger partial charge in [0.15, 0.2) is 0 Å². The average Bonchev–Trinajstić information content (AvgIpc) is 3.70. The van der Waals surface area contributed by atoms with E-state index in [1.807, 2.05) is 27.2 Å². The molecule has 0 aliphatic heterocycles. The van der Waals surface area contributed by atoms with Crippen molar-refractivity contribution >= 4 is 13.7 Å². The Kier molecular flexibility index (Phi) is 63.6. The lowest BCUT2D eigenvalue weighted by atomic mass is 10.0. The van der Waals surface area contributed by atoms with Gasteiger partial charge in [0.25, 0.3) is 7.82 Å². The Morgan fingerprint density at radius 3 is 1.07 bits per heavy atom. The van der Waals surface area contributed by atoms with E-state index in [4.69, 9.17) is 9.05 Å². The predicted octanol–water partition coefficient (Wildman–Crippen LogP) is 22.3. The molecule has 1 amide bonds. The van der Waals surface area contributed by atoms with Gasteiger partial charge < -0.3 is 28.8 Å². The zero-order valence-electron chi connectivity index (χ0n) is 56.7. The van der Waals surface area contributed by atoms with Crippen molar-refractivity contribution in [2.45, 2.75) is 289 Å². The van der Waals surface area contributed by atoms with Gasteiger partial charge in [-0.3, -0.25) is 9.36 Å². The molecule has 3 unspecified atom stereocenters. The van der Waals surface area contributed by atoms with Gasteiger partial charge in [-0.25, -0.2) is 0 Å². The van der Waals surface area contributed by atoms with Gasteiger partial charge >= 0.3 is 0 Å². The Labute approximate surface area is 537 Å². The minimum Gasteiger partial charge on any atom is -0.756 e. The molecule has 3 atom stereocenters. The van der Waals surface area contributed by atoms with Crippen LogP contribution in [0.3, 0.4) is 0 Å². The third-order valence-corrected chi connectivity index (χ3v) is 15.9. The number of phosphoric acid groups is 1. The summed E-state index contributed by atoms with van der Waals surface area (Å²) in [4.78, 5) is 25.6. The first-order chi connectivity index (χ1) is 42.5. The van der Waals surface area contributed by atoms with Crippen molar-refractivity contribution in [2.24, 2.45) is 0 Å². The highest BCUT2D eigenvalue weighted by Gasteiger charge is 2.23. The number of quaternary nitrogens is 1. The van der Waals surface area contributed by atoms with Crippen LogP contribution in [0.25, 0.3) is 0 Å².